The summed E-state index contributed by atoms with van der Waals surface area (Å²) < 4.78 is 61.2. The van der Waals surface area contributed by atoms with Crippen molar-refractivity contribution >= 4 is 12.1 Å². The number of benzene rings is 2. The minimum atomic E-state index is -4.77. The zero-order valence-corrected chi connectivity index (χ0v) is 58.1. The van der Waals surface area contributed by atoms with Gasteiger partial charge in [-0.1, -0.05) is 103 Å². The summed E-state index contributed by atoms with van der Waals surface area (Å²) in [6.07, 6.45) is 18.3. The van der Waals surface area contributed by atoms with Crippen molar-refractivity contribution in [2.24, 2.45) is 28.7 Å². The first-order valence-corrected chi connectivity index (χ1v) is 34.9. The molecule has 4 aliphatic heterocycles. The summed E-state index contributed by atoms with van der Waals surface area (Å²) in [4.78, 5) is 31.3. The van der Waals surface area contributed by atoms with Crippen molar-refractivity contribution in [2.45, 2.75) is 226 Å². The Hall–Kier alpha value is -4.82. The molecule has 14 nitrogen and oxygen atoms in total. The van der Waals surface area contributed by atoms with Crippen molar-refractivity contribution in [1.29, 1.82) is 0 Å². The minimum absolute atomic E-state index is 0.0287. The third-order valence-electron chi connectivity index (χ3n) is 20.9. The van der Waals surface area contributed by atoms with Gasteiger partial charge in [0.2, 0.25) is 5.91 Å². The number of alkyl halides is 3. The molecule has 1 spiro atoms. The fraction of sp³-hybridized carbons (Fsp3) is 0.699. The predicted octanol–water partition coefficient (Wildman–Crippen LogP) is 11.6. The highest BCUT2D eigenvalue weighted by Gasteiger charge is 2.55. The number of hydrogen-bond donors (Lipinski definition) is 6. The SMILES string of the molecule is CC[C@H](C)[C@H]1C(C)NC2(CCCC2)CNCCN=CC=C(CCc2ccc(C(F)(F)F)c(F)c2)NC=CN(C)C=C(Cc2ccc(C)cc2)N(C)C=C2CCCN2[C@@H](C)C(C)N[C@@H]([C@@H](C)CC)CN[C@@H](CC(C)C)C(C)NCC2[C@@H](C(=O)N3CCOCC3)C(C)N21. The van der Waals surface area contributed by atoms with Gasteiger partial charge < -0.3 is 56.2 Å². The second-order valence-corrected chi connectivity index (χ2v) is 28.2. The van der Waals surface area contributed by atoms with Crippen molar-refractivity contribution in [3.8, 4) is 0 Å². The Kier molecular flexibility index (Phi) is 28.4. The Morgan fingerprint density at radius 3 is 2.20 bits per heavy atom. The monoisotopic (exact) mass is 1270 g/mol. The first kappa shape index (κ1) is 73.6. The highest BCUT2D eigenvalue weighted by atomic mass is 19.4. The molecule has 2 aromatic carbocycles. The summed E-state index contributed by atoms with van der Waals surface area (Å²) in [5.74, 6) is 0.176. The number of morpholine rings is 1. The highest BCUT2D eigenvalue weighted by Crippen LogP contribution is 2.41. The molecule has 5 aliphatic rings. The van der Waals surface area contributed by atoms with Crippen LogP contribution in [0.1, 0.15) is 163 Å². The number of carbonyl (C=O) groups excluding carboxylic acids is 1. The molecule has 510 valence electrons. The lowest BCUT2D eigenvalue weighted by Crippen LogP contribution is -2.76. The van der Waals surface area contributed by atoms with Crippen LogP contribution in [0.5, 0.6) is 0 Å². The Labute approximate surface area is 546 Å². The number of aliphatic imine (C=N–C) groups is 1. The van der Waals surface area contributed by atoms with Crippen LogP contribution in [0.3, 0.4) is 0 Å². The zero-order chi connectivity index (χ0) is 66.0. The van der Waals surface area contributed by atoms with Crippen molar-refractivity contribution in [3.05, 3.63) is 119 Å². The van der Waals surface area contributed by atoms with Crippen LogP contribution in [0.4, 0.5) is 17.6 Å². The molecule has 4 fully saturated rings. The van der Waals surface area contributed by atoms with Crippen molar-refractivity contribution in [3.63, 3.8) is 0 Å². The normalized spacial score (nSPS) is 28.7. The molecule has 1 amide bonds. The van der Waals surface area contributed by atoms with E-state index in [1.165, 1.54) is 22.9 Å². The van der Waals surface area contributed by atoms with E-state index < -0.39 is 17.6 Å². The van der Waals surface area contributed by atoms with Crippen molar-refractivity contribution in [2.75, 3.05) is 79.7 Å². The van der Waals surface area contributed by atoms with Gasteiger partial charge in [0.25, 0.3) is 0 Å². The number of amides is 1. The number of hydrogen-bond acceptors (Lipinski definition) is 13. The molecule has 0 bridgehead atoms. The van der Waals surface area contributed by atoms with E-state index >= 15 is 0 Å². The average Bonchev–Trinajstić information content (AvgIpc) is 1.03. The summed E-state index contributed by atoms with van der Waals surface area (Å²) in [5, 5.41) is 24.0. The largest absolute Gasteiger partial charge is 0.419 e. The van der Waals surface area contributed by atoms with E-state index in [4.69, 9.17) is 9.73 Å². The van der Waals surface area contributed by atoms with Gasteiger partial charge in [-0.2, -0.15) is 13.2 Å². The van der Waals surface area contributed by atoms with Crippen LogP contribution >= 0.6 is 0 Å². The Morgan fingerprint density at radius 1 is 0.824 bits per heavy atom. The van der Waals surface area contributed by atoms with Gasteiger partial charge in [-0.3, -0.25) is 14.7 Å². The van der Waals surface area contributed by atoms with Crippen LogP contribution in [-0.2, 0) is 28.5 Å². The summed E-state index contributed by atoms with van der Waals surface area (Å²) in [6.45, 7) is 35.0. The summed E-state index contributed by atoms with van der Waals surface area (Å²) in [7, 11) is 4.16. The van der Waals surface area contributed by atoms with E-state index in [1.54, 1.807) is 6.21 Å². The standard InChI is InChI=1S/C73H118F4N12O2/c1-15-52(6)67-45-82-66(42-50(3)4)55(9)81-46-68-69(71(90)87-38-40-91-41-39-87)58(12)89(68)70(53(7)16-2)56(10)84-72(30-17-18-31-72)49-79-34-33-78-32-29-61(27-25-60-26-28-64(65(74)44-60)73(75,76)77)80-35-37-85(13)47-63(43-59-23-21-51(5)22-24-59)86(14)48-62-20-19-36-88(62)57(11)54(8)83-67/h21-24,26,28-29,32,35,37,44,47-48,50,52-58,66-70,79-84H,15-20,25,27,30-31,33-34,36,38-43,45-46,49H2,1-14H3/t52-,53-,54?,55?,56?,57-,58?,66-,67+,68?,69-,70-/m0/s1. The summed E-state index contributed by atoms with van der Waals surface area (Å²) in [5.41, 5.74) is 4.74. The van der Waals surface area contributed by atoms with E-state index in [0.717, 1.165) is 107 Å². The second kappa shape index (κ2) is 35.1. The average molecular weight is 1270 g/mol. The van der Waals surface area contributed by atoms with Gasteiger partial charge in [-0.15, -0.1) is 0 Å². The van der Waals surface area contributed by atoms with Gasteiger partial charge in [-0.25, -0.2) is 4.39 Å². The molecule has 91 heavy (non-hydrogen) atoms. The van der Waals surface area contributed by atoms with Gasteiger partial charge >= 0.3 is 6.18 Å². The van der Waals surface area contributed by atoms with Gasteiger partial charge in [0.1, 0.15) is 5.82 Å². The number of likely N-dealkylation sites (N-methyl/N-ethyl adjacent to an activating group) is 1. The number of nitrogens with one attached hydrogen (secondary N) is 6. The van der Waals surface area contributed by atoms with Crippen LogP contribution < -0.4 is 31.9 Å². The minimum Gasteiger partial charge on any atom is -0.378 e. The number of allylic oxidation sites excluding steroid dienone is 4. The number of halogens is 4. The third kappa shape index (κ3) is 20.8. The lowest BCUT2D eigenvalue weighted by molar-refractivity contribution is -0.165. The maximum absolute atomic E-state index is 14.8. The van der Waals surface area contributed by atoms with E-state index in [2.05, 4.69) is 178 Å². The predicted molar refractivity (Wildman–Crippen MR) is 366 cm³/mol. The number of aryl methyl sites for hydroxylation is 2. The fourth-order valence-electron chi connectivity index (χ4n) is 14.9. The van der Waals surface area contributed by atoms with E-state index in [1.807, 2.05) is 30.4 Å². The molecule has 0 radical (unpaired) electrons. The first-order valence-electron chi connectivity index (χ1n) is 34.9. The van der Waals surface area contributed by atoms with Crippen molar-refractivity contribution < 1.29 is 27.1 Å². The Balaban J connectivity index is 1.21. The summed E-state index contributed by atoms with van der Waals surface area (Å²) in [6, 6.07) is 13.4. The number of nitrogens with zero attached hydrogens (tertiary/aromatic N) is 6. The molecule has 12 atom stereocenters. The molecule has 0 aromatic heterocycles. The van der Waals surface area contributed by atoms with Crippen LogP contribution in [0.25, 0.3) is 0 Å². The number of rotatable bonds is 12. The Morgan fingerprint density at radius 2 is 1.53 bits per heavy atom. The smallest absolute Gasteiger partial charge is 0.378 e. The molecule has 3 saturated heterocycles. The number of carbonyl (C=O) groups is 1. The fourth-order valence-corrected chi connectivity index (χ4v) is 14.9. The van der Waals surface area contributed by atoms with Crippen molar-refractivity contribution in [1.82, 2.24) is 56.4 Å². The maximum Gasteiger partial charge on any atom is 0.419 e. The van der Waals surface area contributed by atoms with E-state index in [-0.39, 0.29) is 71.7 Å². The van der Waals surface area contributed by atoms with Gasteiger partial charge in [0.05, 0.1) is 31.2 Å². The highest BCUT2D eigenvalue weighted by molar-refractivity contribution is 5.81. The van der Waals surface area contributed by atoms with Gasteiger partial charge in [0.15, 0.2) is 0 Å². The van der Waals surface area contributed by atoms with Crippen LogP contribution in [0.15, 0.2) is 95.4 Å². The molecule has 1 aliphatic carbocycles. The van der Waals surface area contributed by atoms with Crippen LogP contribution in [0, 0.1) is 36.4 Å². The topological polar surface area (TPSA) is 127 Å². The lowest BCUT2D eigenvalue weighted by atomic mass is 9.74. The first-order chi connectivity index (χ1) is 43.4. The van der Waals surface area contributed by atoms with Crippen LogP contribution in [0.2, 0.25) is 0 Å². The lowest BCUT2D eigenvalue weighted by Gasteiger charge is -2.60. The molecule has 5 unspecified atom stereocenters. The second-order valence-electron chi connectivity index (χ2n) is 28.2. The third-order valence-corrected chi connectivity index (χ3v) is 20.9. The Bertz CT molecular complexity index is 2700. The molecular weight excluding hydrogens is 1150 g/mol. The van der Waals surface area contributed by atoms with Gasteiger partial charge in [-0.05, 0) is 134 Å². The zero-order valence-electron chi connectivity index (χ0n) is 58.1. The molecular formula is C73H118F4N12O2. The molecule has 4 heterocycles. The van der Waals surface area contributed by atoms with Crippen LogP contribution in [-0.4, -0.2) is 176 Å². The number of ether oxygens (including phenoxy) is 1. The molecule has 7 rings (SSSR count). The molecule has 6 N–H and O–H groups in total. The quantitative estimate of drug-likeness (QED) is 0.113. The number of fused-ring (bicyclic) bond motifs is 2. The maximum atomic E-state index is 14.8. The van der Waals surface area contributed by atoms with E-state index in [9.17, 15) is 22.4 Å². The van der Waals surface area contributed by atoms with E-state index in [0.29, 0.717) is 82.0 Å². The van der Waals surface area contributed by atoms with Gasteiger partial charge in [0, 0.05) is 174 Å². The summed E-state index contributed by atoms with van der Waals surface area (Å²) >= 11 is 0. The molecule has 18 heteroatoms. The molecule has 2 aromatic rings. The molecule has 1 saturated carbocycles.